The van der Waals surface area contributed by atoms with E-state index in [2.05, 4.69) is 0 Å². The van der Waals surface area contributed by atoms with Crippen molar-refractivity contribution >= 4 is 9.84 Å². The van der Waals surface area contributed by atoms with Crippen LogP contribution in [0.25, 0.3) is 0 Å². The molecular weight excluding hydrogens is 238 g/mol. The molecule has 0 heterocycles. The average Bonchev–Trinajstić information content (AvgIpc) is 2.50. The van der Waals surface area contributed by atoms with E-state index in [1.165, 1.54) is 12.8 Å². The lowest BCUT2D eigenvalue weighted by atomic mass is 9.93. The molecule has 0 unspecified atom stereocenters. The van der Waals surface area contributed by atoms with Crippen LogP contribution in [0.1, 0.15) is 45.4 Å². The molecule has 5 heteroatoms. The summed E-state index contributed by atoms with van der Waals surface area (Å²) in [5.41, 5.74) is 6.04. The summed E-state index contributed by atoms with van der Waals surface area (Å²) in [6, 6.07) is 0. The lowest BCUT2D eigenvalue weighted by molar-refractivity contribution is 0.0882. The Balaban J connectivity index is 2.25. The van der Waals surface area contributed by atoms with E-state index in [0.29, 0.717) is 6.61 Å². The van der Waals surface area contributed by atoms with Crippen LogP contribution in [0.4, 0.5) is 0 Å². The molecule has 1 saturated carbocycles. The van der Waals surface area contributed by atoms with Gasteiger partial charge in [0.2, 0.25) is 0 Å². The summed E-state index contributed by atoms with van der Waals surface area (Å²) in [4.78, 5) is 0. The molecule has 1 aliphatic rings. The van der Waals surface area contributed by atoms with Crippen molar-refractivity contribution in [3.05, 3.63) is 0 Å². The van der Waals surface area contributed by atoms with Crippen molar-refractivity contribution in [1.29, 1.82) is 0 Å². The third-order valence-electron chi connectivity index (χ3n) is 3.47. The quantitative estimate of drug-likeness (QED) is 0.582. The highest BCUT2D eigenvalue weighted by atomic mass is 32.2. The minimum Gasteiger partial charge on any atom is -0.378 e. The van der Waals surface area contributed by atoms with Gasteiger partial charge in [-0.3, -0.25) is 0 Å². The second-order valence-electron chi connectivity index (χ2n) is 5.07. The number of hydrogen-bond acceptors (Lipinski definition) is 4. The molecule has 1 fully saturated rings. The highest BCUT2D eigenvalue weighted by Crippen LogP contribution is 2.25. The van der Waals surface area contributed by atoms with E-state index in [9.17, 15) is 8.42 Å². The van der Waals surface area contributed by atoms with Gasteiger partial charge in [-0.15, -0.1) is 0 Å². The molecule has 0 aromatic rings. The van der Waals surface area contributed by atoms with E-state index < -0.39 is 9.84 Å². The van der Waals surface area contributed by atoms with Gasteiger partial charge >= 0.3 is 0 Å². The Bertz CT molecular complexity index is 306. The number of hydrogen-bond donors (Lipinski definition) is 1. The van der Waals surface area contributed by atoms with Gasteiger partial charge in [0.25, 0.3) is 0 Å². The van der Waals surface area contributed by atoms with Crippen LogP contribution in [0, 0.1) is 0 Å². The van der Waals surface area contributed by atoms with Crippen LogP contribution in [0.3, 0.4) is 0 Å². The van der Waals surface area contributed by atoms with Gasteiger partial charge in [-0.2, -0.15) is 0 Å². The van der Waals surface area contributed by atoms with Crippen LogP contribution in [0.15, 0.2) is 0 Å². The Morgan fingerprint density at radius 1 is 1.18 bits per heavy atom. The molecule has 0 atom stereocenters. The van der Waals surface area contributed by atoms with Crippen molar-refractivity contribution in [2.75, 3.05) is 24.7 Å². The zero-order valence-corrected chi connectivity index (χ0v) is 11.6. The lowest BCUT2D eigenvalue weighted by Gasteiger charge is -2.27. The zero-order valence-electron chi connectivity index (χ0n) is 10.8. The fourth-order valence-electron chi connectivity index (χ4n) is 2.18. The Morgan fingerprint density at radius 2 is 1.76 bits per heavy atom. The van der Waals surface area contributed by atoms with E-state index in [0.717, 1.165) is 25.7 Å². The molecule has 0 spiro atoms. The molecule has 17 heavy (non-hydrogen) atoms. The van der Waals surface area contributed by atoms with Crippen LogP contribution < -0.4 is 5.73 Å². The van der Waals surface area contributed by atoms with Gasteiger partial charge in [0.05, 0.1) is 19.0 Å². The van der Waals surface area contributed by atoms with E-state index in [1.54, 1.807) is 6.92 Å². The fourth-order valence-corrected chi connectivity index (χ4v) is 2.84. The predicted molar refractivity (Wildman–Crippen MR) is 69.8 cm³/mol. The molecule has 0 aliphatic heterocycles. The predicted octanol–water partition coefficient (Wildman–Crippen LogP) is 1.49. The highest BCUT2D eigenvalue weighted by molar-refractivity contribution is 7.91. The van der Waals surface area contributed by atoms with Crippen molar-refractivity contribution in [2.24, 2.45) is 5.73 Å². The Kier molecular flexibility index (Phi) is 5.89. The van der Waals surface area contributed by atoms with Crippen LogP contribution in [-0.4, -0.2) is 38.7 Å². The topological polar surface area (TPSA) is 69.4 Å². The van der Waals surface area contributed by atoms with Gasteiger partial charge in [0.15, 0.2) is 9.84 Å². The highest BCUT2D eigenvalue weighted by Gasteiger charge is 2.26. The van der Waals surface area contributed by atoms with Gasteiger partial charge in [-0.25, -0.2) is 8.42 Å². The summed E-state index contributed by atoms with van der Waals surface area (Å²) in [7, 11) is -2.92. The SMILES string of the molecule is CCS(=O)(=O)CCOCC1(N)CCCCCC1. The Morgan fingerprint density at radius 3 is 2.29 bits per heavy atom. The Hall–Kier alpha value is -0.130. The van der Waals surface area contributed by atoms with Gasteiger partial charge in [0.1, 0.15) is 0 Å². The number of ether oxygens (including phenoxy) is 1. The fraction of sp³-hybridized carbons (Fsp3) is 1.00. The van der Waals surface area contributed by atoms with Crippen molar-refractivity contribution < 1.29 is 13.2 Å². The standard InChI is InChI=1S/C12H25NO3S/c1-2-17(14,15)10-9-16-11-12(13)7-5-3-4-6-8-12/h2-11,13H2,1H3. The van der Waals surface area contributed by atoms with E-state index >= 15 is 0 Å². The summed E-state index contributed by atoms with van der Waals surface area (Å²) in [6.07, 6.45) is 6.81. The number of sulfone groups is 1. The first kappa shape index (κ1) is 14.9. The summed E-state index contributed by atoms with van der Waals surface area (Å²) < 4.78 is 28.0. The first-order chi connectivity index (χ1) is 7.97. The summed E-state index contributed by atoms with van der Waals surface area (Å²) in [5.74, 6) is 0.295. The molecule has 102 valence electrons. The van der Waals surface area contributed by atoms with E-state index in [4.69, 9.17) is 10.5 Å². The van der Waals surface area contributed by atoms with Crippen LogP contribution in [0.2, 0.25) is 0 Å². The van der Waals surface area contributed by atoms with Crippen molar-refractivity contribution in [3.63, 3.8) is 0 Å². The van der Waals surface area contributed by atoms with Crippen molar-refractivity contribution in [2.45, 2.75) is 51.0 Å². The zero-order chi connectivity index (χ0) is 12.8. The average molecular weight is 263 g/mol. The molecule has 4 nitrogen and oxygen atoms in total. The first-order valence-electron chi connectivity index (χ1n) is 6.54. The second-order valence-corrected chi connectivity index (χ2v) is 7.54. The van der Waals surface area contributed by atoms with E-state index in [1.807, 2.05) is 0 Å². The molecular formula is C12H25NO3S. The normalized spacial score (nSPS) is 21.1. The molecule has 0 aromatic heterocycles. The molecule has 1 aliphatic carbocycles. The molecule has 0 amide bonds. The first-order valence-corrected chi connectivity index (χ1v) is 8.37. The molecule has 1 rings (SSSR count). The molecule has 0 saturated heterocycles. The van der Waals surface area contributed by atoms with Crippen molar-refractivity contribution in [3.8, 4) is 0 Å². The summed E-state index contributed by atoms with van der Waals surface area (Å²) in [6.45, 7) is 2.42. The van der Waals surface area contributed by atoms with Crippen LogP contribution in [0.5, 0.6) is 0 Å². The van der Waals surface area contributed by atoms with Gasteiger partial charge < -0.3 is 10.5 Å². The van der Waals surface area contributed by atoms with E-state index in [-0.39, 0.29) is 23.7 Å². The maximum atomic E-state index is 11.3. The molecule has 0 bridgehead atoms. The largest absolute Gasteiger partial charge is 0.378 e. The summed E-state index contributed by atoms with van der Waals surface area (Å²) >= 11 is 0. The van der Waals surface area contributed by atoms with Gasteiger partial charge in [0, 0.05) is 11.3 Å². The lowest BCUT2D eigenvalue weighted by Crippen LogP contribution is -2.44. The van der Waals surface area contributed by atoms with Crippen molar-refractivity contribution in [1.82, 2.24) is 0 Å². The minimum atomic E-state index is -2.92. The number of rotatable bonds is 6. The minimum absolute atomic E-state index is 0.111. The second kappa shape index (κ2) is 6.71. The maximum Gasteiger partial charge on any atom is 0.152 e. The maximum absolute atomic E-state index is 11.3. The molecule has 2 N–H and O–H groups in total. The molecule has 0 radical (unpaired) electrons. The molecule has 0 aromatic carbocycles. The van der Waals surface area contributed by atoms with Crippen LogP contribution in [-0.2, 0) is 14.6 Å². The smallest absolute Gasteiger partial charge is 0.152 e. The number of nitrogens with two attached hydrogens (primary N) is 1. The van der Waals surface area contributed by atoms with Gasteiger partial charge in [-0.05, 0) is 12.8 Å². The Labute approximate surface area is 105 Å². The summed E-state index contributed by atoms with van der Waals surface area (Å²) in [5, 5.41) is 0. The van der Waals surface area contributed by atoms with Gasteiger partial charge in [-0.1, -0.05) is 32.6 Å². The monoisotopic (exact) mass is 263 g/mol. The third-order valence-corrected chi connectivity index (χ3v) is 5.14. The van der Waals surface area contributed by atoms with Crippen LogP contribution >= 0.6 is 0 Å². The third kappa shape index (κ3) is 5.84.